The number of piperidine rings is 1. The first-order chi connectivity index (χ1) is 8.81. The smallest absolute Gasteiger partial charge is 0.254 e. The number of benzene rings is 1. The molecule has 0 unspecified atom stereocenters. The van der Waals surface area contributed by atoms with Crippen LogP contribution in [0.4, 0.5) is 0 Å². The molecule has 0 saturated carbocycles. The zero-order chi connectivity index (χ0) is 14.2. The summed E-state index contributed by atoms with van der Waals surface area (Å²) in [5.74, 6) is 0.123. The number of amides is 1. The number of hydrogen-bond acceptors (Lipinski definition) is 2. The number of Topliss-reactive ketones (excluding diaryl/α,β-unsaturated/α-hetero) is 1. The second kappa shape index (κ2) is 4.80. The Morgan fingerprint density at radius 2 is 1.95 bits per heavy atom. The van der Waals surface area contributed by atoms with E-state index in [0.29, 0.717) is 12.1 Å². The average Bonchev–Trinajstić information content (AvgIpc) is 2.32. The topological polar surface area (TPSA) is 37.4 Å². The van der Waals surface area contributed by atoms with Crippen molar-refractivity contribution in [3.8, 4) is 0 Å². The lowest BCUT2D eigenvalue weighted by Gasteiger charge is -2.35. The van der Waals surface area contributed by atoms with Gasteiger partial charge in [0.1, 0.15) is 0 Å². The lowest BCUT2D eigenvalue weighted by molar-refractivity contribution is -0.130. The monoisotopic (exact) mass is 259 g/mol. The van der Waals surface area contributed by atoms with Gasteiger partial charge in [-0.1, -0.05) is 31.5 Å². The van der Waals surface area contributed by atoms with E-state index in [9.17, 15) is 9.59 Å². The van der Waals surface area contributed by atoms with Gasteiger partial charge in [-0.15, -0.1) is 0 Å². The molecule has 3 nitrogen and oxygen atoms in total. The SMILES string of the molecule is Cc1ccc(C(=O)N2CCC(C)(C)C(=O)C2)c(C)c1. The number of rotatable bonds is 1. The van der Waals surface area contributed by atoms with Crippen LogP contribution in [0, 0.1) is 19.3 Å². The van der Waals surface area contributed by atoms with E-state index < -0.39 is 0 Å². The van der Waals surface area contributed by atoms with Crippen molar-refractivity contribution in [3.63, 3.8) is 0 Å². The third kappa shape index (κ3) is 2.70. The summed E-state index contributed by atoms with van der Waals surface area (Å²) in [7, 11) is 0. The first kappa shape index (κ1) is 13.8. The fourth-order valence-corrected chi connectivity index (χ4v) is 2.42. The van der Waals surface area contributed by atoms with Gasteiger partial charge in [-0.2, -0.15) is 0 Å². The highest BCUT2D eigenvalue weighted by Gasteiger charge is 2.35. The van der Waals surface area contributed by atoms with Crippen molar-refractivity contribution >= 4 is 11.7 Å². The summed E-state index contributed by atoms with van der Waals surface area (Å²) in [6.45, 7) is 8.75. The van der Waals surface area contributed by atoms with Crippen molar-refractivity contribution in [2.45, 2.75) is 34.1 Å². The summed E-state index contributed by atoms with van der Waals surface area (Å²) in [4.78, 5) is 26.1. The number of nitrogens with zero attached hydrogens (tertiary/aromatic N) is 1. The number of ketones is 1. The number of aryl methyl sites for hydroxylation is 2. The Balaban J connectivity index is 2.19. The van der Waals surface area contributed by atoms with Gasteiger partial charge in [0.05, 0.1) is 6.54 Å². The number of carbonyl (C=O) groups excluding carboxylic acids is 2. The second-order valence-corrected chi connectivity index (χ2v) is 6.10. The number of carbonyl (C=O) groups is 2. The first-order valence-electron chi connectivity index (χ1n) is 6.71. The Morgan fingerprint density at radius 1 is 1.26 bits per heavy atom. The lowest BCUT2D eigenvalue weighted by atomic mass is 9.81. The molecule has 1 aliphatic heterocycles. The van der Waals surface area contributed by atoms with Crippen LogP contribution in [0.1, 0.15) is 41.8 Å². The molecule has 1 aromatic rings. The quantitative estimate of drug-likeness (QED) is 0.777. The molecule has 1 fully saturated rings. The Hall–Kier alpha value is -1.64. The fraction of sp³-hybridized carbons (Fsp3) is 0.500. The molecule has 3 heteroatoms. The van der Waals surface area contributed by atoms with Crippen LogP contribution in [0.2, 0.25) is 0 Å². The van der Waals surface area contributed by atoms with Crippen LogP contribution >= 0.6 is 0 Å². The van der Waals surface area contributed by atoms with Crippen LogP contribution in [0.25, 0.3) is 0 Å². The summed E-state index contributed by atoms with van der Waals surface area (Å²) in [6.07, 6.45) is 0.739. The van der Waals surface area contributed by atoms with Crippen molar-refractivity contribution < 1.29 is 9.59 Å². The lowest BCUT2D eigenvalue weighted by Crippen LogP contribution is -2.47. The molecule has 1 heterocycles. The molecule has 0 aromatic heterocycles. The van der Waals surface area contributed by atoms with Crippen LogP contribution in [0.3, 0.4) is 0 Å². The molecule has 0 bridgehead atoms. The summed E-state index contributed by atoms with van der Waals surface area (Å²) in [6, 6.07) is 5.80. The van der Waals surface area contributed by atoms with Gasteiger partial charge in [-0.25, -0.2) is 0 Å². The van der Waals surface area contributed by atoms with E-state index in [1.54, 1.807) is 4.90 Å². The molecule has 0 atom stereocenters. The molecule has 0 N–H and O–H groups in total. The third-order valence-corrected chi connectivity index (χ3v) is 4.00. The maximum absolute atomic E-state index is 12.5. The molecule has 19 heavy (non-hydrogen) atoms. The standard InChI is InChI=1S/C16H21NO2/c1-11-5-6-13(12(2)9-11)15(19)17-8-7-16(3,4)14(18)10-17/h5-6,9H,7-8,10H2,1-4H3. The highest BCUT2D eigenvalue weighted by Crippen LogP contribution is 2.27. The van der Waals surface area contributed by atoms with Gasteiger partial charge < -0.3 is 4.90 Å². The molecule has 1 aromatic carbocycles. The minimum absolute atomic E-state index is 0.0265. The molecule has 0 aliphatic carbocycles. The van der Waals surface area contributed by atoms with Gasteiger partial charge in [-0.05, 0) is 31.9 Å². The van der Waals surface area contributed by atoms with Crippen LogP contribution < -0.4 is 0 Å². The van der Waals surface area contributed by atoms with E-state index in [1.807, 2.05) is 45.9 Å². The summed E-state index contributed by atoms with van der Waals surface area (Å²) < 4.78 is 0. The molecule has 0 radical (unpaired) electrons. The van der Waals surface area contributed by atoms with Crippen LogP contribution in [0.15, 0.2) is 18.2 Å². The minimum atomic E-state index is -0.293. The van der Waals surface area contributed by atoms with E-state index in [4.69, 9.17) is 0 Å². The Bertz CT molecular complexity index is 532. The van der Waals surface area contributed by atoms with Gasteiger partial charge in [0, 0.05) is 17.5 Å². The van der Waals surface area contributed by atoms with Crippen molar-refractivity contribution in [2.75, 3.05) is 13.1 Å². The number of hydrogen-bond donors (Lipinski definition) is 0. The Labute approximate surface area is 114 Å². The molecule has 1 aliphatic rings. The Morgan fingerprint density at radius 3 is 2.53 bits per heavy atom. The molecule has 102 valence electrons. The summed E-state index contributed by atoms with van der Waals surface area (Å²) in [5, 5.41) is 0. The van der Waals surface area contributed by atoms with Gasteiger partial charge in [-0.3, -0.25) is 9.59 Å². The first-order valence-corrected chi connectivity index (χ1v) is 6.71. The van der Waals surface area contributed by atoms with E-state index in [2.05, 4.69) is 0 Å². The van der Waals surface area contributed by atoms with Crippen LogP contribution in [-0.4, -0.2) is 29.7 Å². The zero-order valence-corrected chi connectivity index (χ0v) is 12.1. The van der Waals surface area contributed by atoms with Crippen molar-refractivity contribution in [3.05, 3.63) is 34.9 Å². The maximum atomic E-state index is 12.5. The van der Waals surface area contributed by atoms with Gasteiger partial charge >= 0.3 is 0 Å². The summed E-state index contributed by atoms with van der Waals surface area (Å²) >= 11 is 0. The van der Waals surface area contributed by atoms with E-state index >= 15 is 0 Å². The maximum Gasteiger partial charge on any atom is 0.254 e. The third-order valence-electron chi connectivity index (χ3n) is 4.00. The van der Waals surface area contributed by atoms with Crippen molar-refractivity contribution in [1.29, 1.82) is 0 Å². The Kier molecular flexibility index (Phi) is 3.48. The fourth-order valence-electron chi connectivity index (χ4n) is 2.42. The van der Waals surface area contributed by atoms with Gasteiger partial charge in [0.2, 0.25) is 0 Å². The predicted molar refractivity (Wildman–Crippen MR) is 75.2 cm³/mol. The predicted octanol–water partition coefficient (Wildman–Crippen LogP) is 2.74. The average molecular weight is 259 g/mol. The molecule has 0 spiro atoms. The number of likely N-dealkylation sites (tertiary alicyclic amines) is 1. The highest BCUT2D eigenvalue weighted by atomic mass is 16.2. The molecule has 1 saturated heterocycles. The van der Waals surface area contributed by atoms with Gasteiger partial charge in [0.25, 0.3) is 5.91 Å². The van der Waals surface area contributed by atoms with Gasteiger partial charge in [0.15, 0.2) is 5.78 Å². The molecule has 1 amide bonds. The van der Waals surface area contributed by atoms with E-state index in [0.717, 1.165) is 17.5 Å². The minimum Gasteiger partial charge on any atom is -0.331 e. The molecular formula is C16H21NO2. The largest absolute Gasteiger partial charge is 0.331 e. The van der Waals surface area contributed by atoms with E-state index in [1.165, 1.54) is 0 Å². The van der Waals surface area contributed by atoms with Crippen molar-refractivity contribution in [1.82, 2.24) is 4.90 Å². The highest BCUT2D eigenvalue weighted by molar-refractivity contribution is 5.99. The van der Waals surface area contributed by atoms with E-state index in [-0.39, 0.29) is 23.7 Å². The zero-order valence-electron chi connectivity index (χ0n) is 12.1. The normalized spacial score (nSPS) is 18.5. The second-order valence-electron chi connectivity index (χ2n) is 6.10. The molecular weight excluding hydrogens is 238 g/mol. The van der Waals surface area contributed by atoms with Crippen LogP contribution in [-0.2, 0) is 4.79 Å². The van der Waals surface area contributed by atoms with Crippen molar-refractivity contribution in [2.24, 2.45) is 5.41 Å². The van der Waals surface area contributed by atoms with Crippen LogP contribution in [0.5, 0.6) is 0 Å². The summed E-state index contributed by atoms with van der Waals surface area (Å²) in [5.41, 5.74) is 2.53. The molecule has 2 rings (SSSR count).